The lowest BCUT2D eigenvalue weighted by atomic mass is 9.96. The minimum absolute atomic E-state index is 0.0355. The Bertz CT molecular complexity index is 356. The van der Waals surface area contributed by atoms with E-state index in [2.05, 4.69) is 5.32 Å². The van der Waals surface area contributed by atoms with E-state index in [1.807, 2.05) is 34.6 Å². The van der Waals surface area contributed by atoms with Crippen molar-refractivity contribution in [3.63, 3.8) is 0 Å². The van der Waals surface area contributed by atoms with E-state index in [0.717, 1.165) is 19.3 Å². The lowest BCUT2D eigenvalue weighted by Gasteiger charge is -2.29. The van der Waals surface area contributed by atoms with Crippen molar-refractivity contribution in [3.05, 3.63) is 0 Å². The van der Waals surface area contributed by atoms with Crippen molar-refractivity contribution < 1.29 is 19.1 Å². The molecule has 1 fully saturated rings. The molecule has 5 heteroatoms. The second kappa shape index (κ2) is 7.78. The maximum absolute atomic E-state index is 12.3. The van der Waals surface area contributed by atoms with Gasteiger partial charge in [-0.1, -0.05) is 20.3 Å². The molecule has 0 aromatic rings. The van der Waals surface area contributed by atoms with Crippen LogP contribution in [0.1, 0.15) is 53.9 Å². The predicted octanol–water partition coefficient (Wildman–Crippen LogP) is 2.29. The molecule has 21 heavy (non-hydrogen) atoms. The van der Waals surface area contributed by atoms with E-state index in [-0.39, 0.29) is 23.7 Å². The fourth-order valence-electron chi connectivity index (χ4n) is 2.25. The normalized spacial score (nSPS) is 22.2. The summed E-state index contributed by atoms with van der Waals surface area (Å²) < 4.78 is 10.8. The first-order chi connectivity index (χ1) is 9.74. The Morgan fingerprint density at radius 1 is 1.38 bits per heavy atom. The Kier molecular flexibility index (Phi) is 6.65. The number of carbonyl (C=O) groups is 2. The van der Waals surface area contributed by atoms with Crippen LogP contribution in [0.25, 0.3) is 0 Å². The van der Waals surface area contributed by atoms with E-state index in [1.165, 1.54) is 0 Å². The van der Waals surface area contributed by atoms with E-state index in [4.69, 9.17) is 9.47 Å². The summed E-state index contributed by atoms with van der Waals surface area (Å²) >= 11 is 0. The number of rotatable bonds is 5. The molecule has 1 N–H and O–H groups in total. The molecule has 5 nitrogen and oxygen atoms in total. The number of ether oxygens (including phenoxy) is 2. The lowest BCUT2D eigenvalue weighted by molar-refractivity contribution is -0.160. The molecule has 0 radical (unpaired) electrons. The third-order valence-corrected chi connectivity index (χ3v) is 3.70. The van der Waals surface area contributed by atoms with E-state index in [9.17, 15) is 9.59 Å². The lowest BCUT2D eigenvalue weighted by Crippen LogP contribution is -2.50. The molecule has 0 aliphatic carbocycles. The summed E-state index contributed by atoms with van der Waals surface area (Å²) in [7, 11) is 0. The van der Waals surface area contributed by atoms with Gasteiger partial charge in [0.25, 0.3) is 0 Å². The van der Waals surface area contributed by atoms with Crippen LogP contribution in [-0.4, -0.2) is 36.7 Å². The molecule has 1 unspecified atom stereocenters. The van der Waals surface area contributed by atoms with E-state index in [1.54, 1.807) is 0 Å². The smallest absolute Gasteiger partial charge is 0.329 e. The molecule has 0 saturated carbocycles. The summed E-state index contributed by atoms with van der Waals surface area (Å²) in [5.74, 6) is -0.589. The fraction of sp³-hybridized carbons (Fsp3) is 0.875. The largest absolute Gasteiger partial charge is 0.458 e. The molecule has 1 heterocycles. The van der Waals surface area contributed by atoms with Crippen LogP contribution >= 0.6 is 0 Å². The molecular weight excluding hydrogens is 270 g/mol. The average Bonchev–Trinajstić information content (AvgIpc) is 2.42. The highest BCUT2D eigenvalue weighted by Crippen LogP contribution is 2.18. The second-order valence-corrected chi connectivity index (χ2v) is 6.82. The van der Waals surface area contributed by atoms with Gasteiger partial charge < -0.3 is 14.8 Å². The molecule has 0 bridgehead atoms. The summed E-state index contributed by atoms with van der Waals surface area (Å²) in [4.78, 5) is 24.6. The number of carbonyl (C=O) groups excluding carboxylic acids is 2. The van der Waals surface area contributed by atoms with Crippen molar-refractivity contribution >= 4 is 11.9 Å². The molecule has 0 aromatic carbocycles. The molecule has 1 aliphatic heterocycles. The van der Waals surface area contributed by atoms with E-state index in [0.29, 0.717) is 13.2 Å². The van der Waals surface area contributed by atoms with Gasteiger partial charge in [0.2, 0.25) is 5.91 Å². The monoisotopic (exact) mass is 299 g/mol. The number of esters is 1. The number of nitrogens with one attached hydrogen (secondary N) is 1. The van der Waals surface area contributed by atoms with Gasteiger partial charge >= 0.3 is 5.97 Å². The molecule has 122 valence electrons. The van der Waals surface area contributed by atoms with Gasteiger partial charge in [-0.05, 0) is 39.5 Å². The molecule has 1 saturated heterocycles. The van der Waals surface area contributed by atoms with E-state index < -0.39 is 11.6 Å². The van der Waals surface area contributed by atoms with Gasteiger partial charge in [-0.15, -0.1) is 0 Å². The van der Waals surface area contributed by atoms with Crippen LogP contribution in [0.4, 0.5) is 0 Å². The zero-order valence-corrected chi connectivity index (χ0v) is 13.9. The van der Waals surface area contributed by atoms with Crippen LogP contribution in [0.15, 0.2) is 0 Å². The Morgan fingerprint density at radius 2 is 2.05 bits per heavy atom. The first-order valence-electron chi connectivity index (χ1n) is 7.85. The van der Waals surface area contributed by atoms with Gasteiger partial charge in [0.15, 0.2) is 0 Å². The third-order valence-electron chi connectivity index (χ3n) is 3.70. The Balaban J connectivity index is 2.69. The van der Waals surface area contributed by atoms with Gasteiger partial charge in [-0.2, -0.15) is 0 Å². The highest BCUT2D eigenvalue weighted by Gasteiger charge is 2.32. The summed E-state index contributed by atoms with van der Waals surface area (Å²) in [5.41, 5.74) is -0.554. The van der Waals surface area contributed by atoms with Crippen molar-refractivity contribution in [2.24, 2.45) is 11.8 Å². The van der Waals surface area contributed by atoms with Crippen molar-refractivity contribution in [2.75, 3.05) is 13.2 Å². The zero-order valence-electron chi connectivity index (χ0n) is 13.9. The third kappa shape index (κ3) is 6.04. The van der Waals surface area contributed by atoms with Crippen molar-refractivity contribution in [3.8, 4) is 0 Å². The predicted molar refractivity (Wildman–Crippen MR) is 80.8 cm³/mol. The molecule has 1 rings (SSSR count). The van der Waals surface area contributed by atoms with Crippen LogP contribution in [0, 0.1) is 11.8 Å². The summed E-state index contributed by atoms with van der Waals surface area (Å²) in [5, 5.41) is 2.87. The Hall–Kier alpha value is -1.10. The number of hydrogen-bond donors (Lipinski definition) is 1. The van der Waals surface area contributed by atoms with Gasteiger partial charge in [0.05, 0.1) is 12.5 Å². The Morgan fingerprint density at radius 3 is 2.52 bits per heavy atom. The molecule has 0 spiro atoms. The summed E-state index contributed by atoms with van der Waals surface area (Å²) in [6.07, 6.45) is 2.50. The maximum Gasteiger partial charge on any atom is 0.329 e. The van der Waals surface area contributed by atoms with Gasteiger partial charge in [0.1, 0.15) is 11.6 Å². The van der Waals surface area contributed by atoms with Crippen LogP contribution in [0.5, 0.6) is 0 Å². The van der Waals surface area contributed by atoms with Crippen LogP contribution in [0.2, 0.25) is 0 Å². The Labute approximate surface area is 127 Å². The van der Waals surface area contributed by atoms with Crippen molar-refractivity contribution in [1.29, 1.82) is 0 Å². The fourth-order valence-corrected chi connectivity index (χ4v) is 2.25. The minimum Gasteiger partial charge on any atom is -0.458 e. The van der Waals surface area contributed by atoms with Gasteiger partial charge in [-0.25, -0.2) is 4.79 Å². The van der Waals surface area contributed by atoms with Crippen LogP contribution < -0.4 is 5.32 Å². The summed E-state index contributed by atoms with van der Waals surface area (Å²) in [6, 6.07) is -0.594. The topological polar surface area (TPSA) is 64.6 Å². The maximum atomic E-state index is 12.3. The first-order valence-corrected chi connectivity index (χ1v) is 7.85. The molecule has 1 amide bonds. The zero-order chi connectivity index (χ0) is 16.0. The van der Waals surface area contributed by atoms with E-state index >= 15 is 0 Å². The minimum atomic E-state index is -0.594. The summed E-state index contributed by atoms with van der Waals surface area (Å²) in [6.45, 7) is 10.6. The molecule has 1 aliphatic rings. The molecular formula is C16H29NO4. The quantitative estimate of drug-likeness (QED) is 0.791. The van der Waals surface area contributed by atoms with Crippen molar-refractivity contribution in [2.45, 2.75) is 65.5 Å². The number of amides is 1. The SMILES string of the molecule is CC[C@H](C)[C@H](NC(=O)C1CCCOC1)C(=O)OC(C)(C)C. The van der Waals surface area contributed by atoms with Gasteiger partial charge in [0, 0.05) is 6.61 Å². The molecule has 0 aromatic heterocycles. The highest BCUT2D eigenvalue weighted by atomic mass is 16.6. The highest BCUT2D eigenvalue weighted by molar-refractivity contribution is 5.86. The first kappa shape index (κ1) is 18.0. The van der Waals surface area contributed by atoms with Crippen molar-refractivity contribution in [1.82, 2.24) is 5.32 Å². The van der Waals surface area contributed by atoms with Gasteiger partial charge in [-0.3, -0.25) is 4.79 Å². The van der Waals surface area contributed by atoms with Crippen LogP contribution in [-0.2, 0) is 19.1 Å². The molecule has 3 atom stereocenters. The second-order valence-electron chi connectivity index (χ2n) is 6.82. The van der Waals surface area contributed by atoms with Crippen LogP contribution in [0.3, 0.4) is 0 Å². The standard InChI is InChI=1S/C16H29NO4/c1-6-11(2)13(15(19)21-16(3,4)5)17-14(18)12-8-7-9-20-10-12/h11-13H,6-10H2,1-5H3,(H,17,18)/t11-,12?,13-/m0/s1. The number of hydrogen-bond acceptors (Lipinski definition) is 4. The average molecular weight is 299 g/mol.